The van der Waals surface area contributed by atoms with Gasteiger partial charge in [-0.1, -0.05) is 0 Å². The number of piperidine rings is 1. The van der Waals surface area contributed by atoms with Gasteiger partial charge in [-0.15, -0.1) is 0 Å². The van der Waals surface area contributed by atoms with Gasteiger partial charge in [0.25, 0.3) is 11.8 Å². The topological polar surface area (TPSA) is 53.8 Å². The molecule has 2 fully saturated rings. The predicted octanol–water partition coefficient (Wildman–Crippen LogP) is 2.31. The van der Waals surface area contributed by atoms with Gasteiger partial charge in [-0.3, -0.25) is 9.59 Å². The third-order valence-electron chi connectivity index (χ3n) is 4.84. The van der Waals surface area contributed by atoms with E-state index in [1.807, 2.05) is 6.92 Å². The summed E-state index contributed by atoms with van der Waals surface area (Å²) >= 11 is 0. The van der Waals surface area contributed by atoms with Crippen LogP contribution >= 0.6 is 0 Å². The number of hydrogen-bond donors (Lipinski definition) is 0. The molecule has 126 valence electrons. The summed E-state index contributed by atoms with van der Waals surface area (Å²) in [4.78, 5) is 27.8. The summed E-state index contributed by atoms with van der Waals surface area (Å²) in [6.45, 7) is 3.83. The Morgan fingerprint density at radius 3 is 2.70 bits per heavy atom. The second-order valence-electron chi connectivity index (χ2n) is 6.54. The molecule has 3 heterocycles. The molecule has 0 aliphatic carbocycles. The van der Waals surface area contributed by atoms with Crippen LogP contribution in [0.3, 0.4) is 0 Å². The quantitative estimate of drug-likeness (QED) is 0.838. The predicted molar refractivity (Wildman–Crippen MR) is 78.2 cm³/mol. The highest BCUT2D eigenvalue weighted by atomic mass is 19.3. The van der Waals surface area contributed by atoms with E-state index >= 15 is 0 Å². The lowest BCUT2D eigenvalue weighted by molar-refractivity contribution is -0.151. The molecule has 23 heavy (non-hydrogen) atoms. The van der Waals surface area contributed by atoms with E-state index in [-0.39, 0.29) is 18.2 Å². The highest BCUT2D eigenvalue weighted by Gasteiger charge is 2.57. The van der Waals surface area contributed by atoms with E-state index in [0.29, 0.717) is 25.1 Å². The molecule has 1 unspecified atom stereocenters. The van der Waals surface area contributed by atoms with Crippen LogP contribution in [0.1, 0.15) is 35.9 Å². The number of halogens is 2. The fourth-order valence-corrected chi connectivity index (χ4v) is 3.69. The number of furan rings is 1. The van der Waals surface area contributed by atoms with E-state index in [2.05, 4.69) is 0 Å². The Kier molecular flexibility index (Phi) is 3.69. The molecule has 1 atom stereocenters. The molecule has 0 radical (unpaired) electrons. The lowest BCUT2D eigenvalue weighted by Gasteiger charge is -2.42. The van der Waals surface area contributed by atoms with Crippen molar-refractivity contribution >= 4 is 11.8 Å². The fraction of sp³-hybridized carbons (Fsp3) is 0.625. The second kappa shape index (κ2) is 5.32. The molecule has 7 heteroatoms. The number of likely N-dealkylation sites (tertiary alicyclic amines) is 2. The van der Waals surface area contributed by atoms with Crippen molar-refractivity contribution in [1.82, 2.24) is 9.80 Å². The monoisotopic (exact) mass is 326 g/mol. The molecule has 2 aliphatic heterocycles. The second-order valence-corrected chi connectivity index (χ2v) is 6.54. The van der Waals surface area contributed by atoms with Gasteiger partial charge < -0.3 is 14.2 Å². The van der Waals surface area contributed by atoms with E-state index in [0.717, 1.165) is 4.90 Å². The van der Waals surface area contributed by atoms with Crippen LogP contribution in [0.4, 0.5) is 8.78 Å². The van der Waals surface area contributed by atoms with Gasteiger partial charge in [-0.2, -0.15) is 0 Å². The smallest absolute Gasteiger partial charge is 0.290 e. The van der Waals surface area contributed by atoms with E-state index in [4.69, 9.17) is 4.42 Å². The third kappa shape index (κ3) is 2.62. The maximum Gasteiger partial charge on any atom is 0.290 e. The highest BCUT2D eigenvalue weighted by molar-refractivity contribution is 5.94. The maximum absolute atomic E-state index is 14.3. The normalized spacial score (nSPS) is 27.0. The SMILES string of the molecule is CCN1CCC2(CN(C(=O)c3occc3C)CC(F)(F)C2)C1=O. The molecule has 1 spiro atoms. The lowest BCUT2D eigenvalue weighted by atomic mass is 9.77. The first-order valence-corrected chi connectivity index (χ1v) is 7.79. The molecule has 3 rings (SSSR count). The van der Waals surface area contributed by atoms with Crippen LogP contribution < -0.4 is 0 Å². The van der Waals surface area contributed by atoms with Gasteiger partial charge >= 0.3 is 0 Å². The Hall–Kier alpha value is -1.92. The van der Waals surface area contributed by atoms with Crippen molar-refractivity contribution < 1.29 is 22.8 Å². The summed E-state index contributed by atoms with van der Waals surface area (Å²) in [7, 11) is 0. The van der Waals surface area contributed by atoms with Crippen molar-refractivity contribution in [3.63, 3.8) is 0 Å². The Balaban J connectivity index is 1.90. The molecular formula is C16H20F2N2O3. The Morgan fingerprint density at radius 1 is 1.39 bits per heavy atom. The number of rotatable bonds is 2. The number of carbonyl (C=O) groups excluding carboxylic acids is 2. The lowest BCUT2D eigenvalue weighted by Crippen LogP contribution is -2.57. The van der Waals surface area contributed by atoms with Crippen LogP contribution in [0.5, 0.6) is 0 Å². The molecule has 0 saturated carbocycles. The number of aryl methyl sites for hydroxylation is 1. The van der Waals surface area contributed by atoms with Crippen LogP contribution in [-0.2, 0) is 4.79 Å². The van der Waals surface area contributed by atoms with Crippen LogP contribution in [0.2, 0.25) is 0 Å². The van der Waals surface area contributed by atoms with Crippen LogP contribution in [-0.4, -0.2) is 53.7 Å². The summed E-state index contributed by atoms with van der Waals surface area (Å²) in [6.07, 6.45) is 1.23. The van der Waals surface area contributed by atoms with Gasteiger partial charge in [-0.25, -0.2) is 8.78 Å². The Bertz CT molecular complexity index is 643. The van der Waals surface area contributed by atoms with Crippen LogP contribution in [0, 0.1) is 12.3 Å². The molecule has 2 saturated heterocycles. The van der Waals surface area contributed by atoms with Gasteiger partial charge in [0.15, 0.2) is 5.76 Å². The molecule has 2 aliphatic rings. The number of hydrogen-bond acceptors (Lipinski definition) is 3. The van der Waals surface area contributed by atoms with Crippen molar-refractivity contribution in [3.8, 4) is 0 Å². The van der Waals surface area contributed by atoms with Crippen molar-refractivity contribution in [1.29, 1.82) is 0 Å². The number of carbonyl (C=O) groups is 2. The zero-order valence-electron chi connectivity index (χ0n) is 13.3. The van der Waals surface area contributed by atoms with Crippen LogP contribution in [0.15, 0.2) is 16.7 Å². The maximum atomic E-state index is 14.3. The Morgan fingerprint density at radius 2 is 2.13 bits per heavy atom. The minimum Gasteiger partial charge on any atom is -0.459 e. The molecule has 5 nitrogen and oxygen atoms in total. The molecule has 1 aromatic rings. The van der Waals surface area contributed by atoms with E-state index in [1.54, 1.807) is 17.9 Å². The summed E-state index contributed by atoms with van der Waals surface area (Å²) in [5, 5.41) is 0. The minimum absolute atomic E-state index is 0.0247. The molecule has 0 N–H and O–H groups in total. The van der Waals surface area contributed by atoms with Crippen molar-refractivity contribution in [3.05, 3.63) is 23.7 Å². The molecule has 1 aromatic heterocycles. The van der Waals surface area contributed by atoms with Crippen LogP contribution in [0.25, 0.3) is 0 Å². The first-order chi connectivity index (χ1) is 10.8. The number of nitrogens with zero attached hydrogens (tertiary/aromatic N) is 2. The van der Waals surface area contributed by atoms with Gasteiger partial charge in [0.1, 0.15) is 0 Å². The summed E-state index contributed by atoms with van der Waals surface area (Å²) < 4.78 is 33.7. The number of alkyl halides is 2. The van der Waals surface area contributed by atoms with Gasteiger partial charge in [0.2, 0.25) is 5.91 Å². The zero-order valence-corrected chi connectivity index (χ0v) is 13.3. The minimum atomic E-state index is -3.08. The van der Waals surface area contributed by atoms with E-state index in [9.17, 15) is 18.4 Å². The van der Waals surface area contributed by atoms with Gasteiger partial charge in [0.05, 0.1) is 18.2 Å². The fourth-order valence-electron chi connectivity index (χ4n) is 3.69. The molecule has 2 amide bonds. The van der Waals surface area contributed by atoms with E-state index < -0.39 is 30.2 Å². The molecular weight excluding hydrogens is 306 g/mol. The average molecular weight is 326 g/mol. The zero-order chi connectivity index (χ0) is 16.8. The third-order valence-corrected chi connectivity index (χ3v) is 4.84. The standard InChI is InChI=1S/C16H20F2N2O3/c1-3-19-6-5-15(14(19)22)8-16(17,18)10-20(9-15)13(21)12-11(2)4-7-23-12/h4,7H,3,5-6,8-10H2,1-2H3. The number of amides is 2. The Labute approximate surface area is 133 Å². The average Bonchev–Trinajstić information content (AvgIpc) is 3.02. The summed E-state index contributed by atoms with van der Waals surface area (Å²) in [5.41, 5.74) is -0.570. The summed E-state index contributed by atoms with van der Waals surface area (Å²) in [6, 6.07) is 1.62. The van der Waals surface area contributed by atoms with Crippen molar-refractivity contribution in [2.24, 2.45) is 5.41 Å². The van der Waals surface area contributed by atoms with E-state index in [1.165, 1.54) is 6.26 Å². The first kappa shape index (κ1) is 16.0. The molecule has 0 bridgehead atoms. The highest BCUT2D eigenvalue weighted by Crippen LogP contribution is 2.45. The summed E-state index contributed by atoms with van der Waals surface area (Å²) in [5.74, 6) is -3.86. The largest absolute Gasteiger partial charge is 0.459 e. The first-order valence-electron chi connectivity index (χ1n) is 7.79. The van der Waals surface area contributed by atoms with Crippen molar-refractivity contribution in [2.45, 2.75) is 32.6 Å². The molecule has 0 aromatic carbocycles. The van der Waals surface area contributed by atoms with Gasteiger partial charge in [-0.05, 0) is 26.3 Å². The van der Waals surface area contributed by atoms with Gasteiger partial charge in [0, 0.05) is 31.6 Å². The van der Waals surface area contributed by atoms with Crippen molar-refractivity contribution in [2.75, 3.05) is 26.2 Å².